The summed E-state index contributed by atoms with van der Waals surface area (Å²) in [5.74, 6) is -0.0701. The number of aromatic amines is 1. The van der Waals surface area contributed by atoms with Crippen LogP contribution in [0.5, 0.6) is 0 Å². The highest BCUT2D eigenvalue weighted by Crippen LogP contribution is 2.21. The third-order valence-corrected chi connectivity index (χ3v) is 5.35. The van der Waals surface area contributed by atoms with E-state index in [1.54, 1.807) is 37.1 Å². The van der Waals surface area contributed by atoms with Gasteiger partial charge in [-0.3, -0.25) is 14.8 Å². The molecule has 0 radical (unpaired) electrons. The van der Waals surface area contributed by atoms with Crippen LogP contribution in [0.1, 0.15) is 21.6 Å². The lowest BCUT2D eigenvalue weighted by Gasteiger charge is -2.22. The first kappa shape index (κ1) is 19.6. The zero-order valence-electron chi connectivity index (χ0n) is 17.3. The molecule has 0 aliphatic rings. The summed E-state index contributed by atoms with van der Waals surface area (Å²) in [7, 11) is 0. The van der Waals surface area contributed by atoms with Gasteiger partial charge in [0.05, 0.1) is 29.6 Å². The Morgan fingerprint density at radius 3 is 2.31 bits per heavy atom. The van der Waals surface area contributed by atoms with Crippen LogP contribution in [-0.4, -0.2) is 30.7 Å². The second-order valence-electron chi connectivity index (χ2n) is 7.56. The van der Waals surface area contributed by atoms with Gasteiger partial charge in [-0.1, -0.05) is 54.6 Å². The van der Waals surface area contributed by atoms with Crippen LogP contribution < -0.4 is 0 Å². The third kappa shape index (κ3) is 4.25. The maximum Gasteiger partial charge on any atom is 0.254 e. The molecular weight excluding hydrogens is 398 g/mol. The van der Waals surface area contributed by atoms with Gasteiger partial charge < -0.3 is 9.88 Å². The van der Waals surface area contributed by atoms with Gasteiger partial charge in [0.2, 0.25) is 0 Å². The van der Waals surface area contributed by atoms with E-state index in [-0.39, 0.29) is 5.91 Å². The molecule has 156 valence electrons. The number of fused-ring (bicyclic) bond motifs is 1. The van der Waals surface area contributed by atoms with Crippen molar-refractivity contribution in [3.8, 4) is 11.1 Å². The molecule has 6 nitrogen and oxygen atoms in total. The van der Waals surface area contributed by atoms with Gasteiger partial charge in [-0.2, -0.15) is 0 Å². The van der Waals surface area contributed by atoms with Crippen molar-refractivity contribution in [2.45, 2.75) is 13.1 Å². The summed E-state index contributed by atoms with van der Waals surface area (Å²) in [6, 6.07) is 24.0. The van der Waals surface area contributed by atoms with Crippen molar-refractivity contribution in [2.75, 3.05) is 0 Å². The Labute approximate surface area is 185 Å². The van der Waals surface area contributed by atoms with Gasteiger partial charge in [-0.05, 0) is 34.9 Å². The highest BCUT2D eigenvalue weighted by Gasteiger charge is 2.18. The average Bonchev–Trinajstić information content (AvgIpc) is 3.37. The van der Waals surface area contributed by atoms with Gasteiger partial charge in [-0.25, -0.2) is 4.98 Å². The lowest BCUT2D eigenvalue weighted by atomic mass is 10.0. The Balaban J connectivity index is 1.42. The number of aromatic nitrogens is 4. The maximum absolute atomic E-state index is 13.5. The first-order valence-electron chi connectivity index (χ1n) is 10.4. The van der Waals surface area contributed by atoms with E-state index in [2.05, 4.69) is 56.3 Å². The quantitative estimate of drug-likeness (QED) is 0.426. The summed E-state index contributed by atoms with van der Waals surface area (Å²) in [6.45, 7) is 0.906. The van der Waals surface area contributed by atoms with Crippen LogP contribution in [0, 0.1) is 0 Å². The fourth-order valence-corrected chi connectivity index (χ4v) is 3.71. The molecule has 0 aliphatic carbocycles. The number of amides is 1. The Hall–Kier alpha value is -4.32. The SMILES string of the molecule is O=C(c1ccc2nccnc2c1)N(Cc1ccc(-c2ccccc2)cc1)Cc1cnc[nH]1. The van der Waals surface area contributed by atoms with E-state index in [0.29, 0.717) is 24.2 Å². The number of hydrogen-bond acceptors (Lipinski definition) is 4. The monoisotopic (exact) mass is 419 g/mol. The van der Waals surface area contributed by atoms with Crippen LogP contribution >= 0.6 is 0 Å². The molecule has 3 aromatic carbocycles. The number of benzene rings is 3. The van der Waals surface area contributed by atoms with Gasteiger partial charge in [-0.15, -0.1) is 0 Å². The second-order valence-corrected chi connectivity index (χ2v) is 7.56. The van der Waals surface area contributed by atoms with Crippen molar-refractivity contribution in [2.24, 2.45) is 0 Å². The molecule has 5 rings (SSSR count). The number of nitrogens with zero attached hydrogens (tertiary/aromatic N) is 4. The lowest BCUT2D eigenvalue weighted by molar-refractivity contribution is 0.0728. The molecule has 0 spiro atoms. The lowest BCUT2D eigenvalue weighted by Crippen LogP contribution is -2.30. The van der Waals surface area contributed by atoms with E-state index >= 15 is 0 Å². The molecule has 0 saturated heterocycles. The third-order valence-electron chi connectivity index (χ3n) is 5.35. The molecule has 0 bridgehead atoms. The van der Waals surface area contributed by atoms with E-state index in [1.165, 1.54) is 5.56 Å². The normalized spacial score (nSPS) is 10.9. The molecule has 0 unspecified atom stereocenters. The topological polar surface area (TPSA) is 74.8 Å². The Morgan fingerprint density at radius 2 is 1.56 bits per heavy atom. The van der Waals surface area contributed by atoms with Gasteiger partial charge in [0.1, 0.15) is 0 Å². The van der Waals surface area contributed by atoms with Crippen molar-refractivity contribution >= 4 is 16.9 Å². The minimum absolute atomic E-state index is 0.0701. The first-order chi connectivity index (χ1) is 15.8. The largest absolute Gasteiger partial charge is 0.347 e. The van der Waals surface area contributed by atoms with E-state index in [4.69, 9.17) is 0 Å². The van der Waals surface area contributed by atoms with Gasteiger partial charge >= 0.3 is 0 Å². The number of carbonyl (C=O) groups excluding carboxylic acids is 1. The summed E-state index contributed by atoms with van der Waals surface area (Å²) in [5, 5.41) is 0. The molecule has 5 aromatic rings. The molecule has 2 aromatic heterocycles. The van der Waals surface area contributed by atoms with E-state index < -0.39 is 0 Å². The van der Waals surface area contributed by atoms with Crippen molar-refractivity contribution in [3.63, 3.8) is 0 Å². The summed E-state index contributed by atoms with van der Waals surface area (Å²) in [6.07, 6.45) is 6.64. The number of imidazole rings is 1. The summed E-state index contributed by atoms with van der Waals surface area (Å²) in [4.78, 5) is 31.1. The maximum atomic E-state index is 13.5. The molecule has 0 aliphatic heterocycles. The first-order valence-corrected chi connectivity index (χ1v) is 10.4. The molecule has 0 atom stereocenters. The van der Waals surface area contributed by atoms with Crippen molar-refractivity contribution in [3.05, 3.63) is 115 Å². The molecule has 0 fully saturated rings. The van der Waals surface area contributed by atoms with Crippen LogP contribution in [0.2, 0.25) is 0 Å². The summed E-state index contributed by atoms with van der Waals surface area (Å²) < 4.78 is 0. The molecule has 1 amide bonds. The molecule has 2 heterocycles. The number of H-pyrrole nitrogens is 1. The fraction of sp³-hybridized carbons (Fsp3) is 0.0769. The molecule has 0 saturated carbocycles. The van der Waals surface area contributed by atoms with Gasteiger partial charge in [0.25, 0.3) is 5.91 Å². The highest BCUT2D eigenvalue weighted by atomic mass is 16.2. The molecular formula is C26H21N5O. The predicted octanol–water partition coefficient (Wildman–Crippen LogP) is 4.86. The van der Waals surface area contributed by atoms with E-state index in [1.807, 2.05) is 29.2 Å². The van der Waals surface area contributed by atoms with E-state index in [9.17, 15) is 4.79 Å². The van der Waals surface area contributed by atoms with Crippen LogP contribution in [0.3, 0.4) is 0 Å². The Bertz CT molecular complexity index is 1330. The fourth-order valence-electron chi connectivity index (χ4n) is 3.71. The predicted molar refractivity (Wildman–Crippen MR) is 124 cm³/mol. The smallest absolute Gasteiger partial charge is 0.254 e. The van der Waals surface area contributed by atoms with Crippen molar-refractivity contribution in [1.82, 2.24) is 24.8 Å². The van der Waals surface area contributed by atoms with Crippen LogP contribution in [0.4, 0.5) is 0 Å². The highest BCUT2D eigenvalue weighted by molar-refractivity contribution is 5.97. The van der Waals surface area contributed by atoms with Crippen molar-refractivity contribution in [1.29, 1.82) is 0 Å². The standard InChI is InChI=1S/C26H21N5O/c32-26(22-10-11-24-25(14-22)29-13-12-28-24)31(17-23-15-27-18-30-23)16-19-6-8-21(9-7-19)20-4-2-1-3-5-20/h1-15,18H,16-17H2,(H,27,30). The molecule has 32 heavy (non-hydrogen) atoms. The number of carbonyl (C=O) groups is 1. The van der Waals surface area contributed by atoms with Gasteiger partial charge in [0, 0.05) is 30.7 Å². The average molecular weight is 419 g/mol. The zero-order valence-corrected chi connectivity index (χ0v) is 17.3. The van der Waals surface area contributed by atoms with Crippen LogP contribution in [0.25, 0.3) is 22.2 Å². The van der Waals surface area contributed by atoms with E-state index in [0.717, 1.165) is 22.3 Å². The Morgan fingerprint density at radius 1 is 0.812 bits per heavy atom. The Kier molecular flexibility index (Phi) is 5.41. The molecule has 1 N–H and O–H groups in total. The summed E-state index contributed by atoms with van der Waals surface area (Å²) >= 11 is 0. The zero-order chi connectivity index (χ0) is 21.8. The minimum Gasteiger partial charge on any atom is -0.347 e. The molecule has 6 heteroatoms. The second kappa shape index (κ2) is 8.81. The number of hydrogen-bond donors (Lipinski definition) is 1. The van der Waals surface area contributed by atoms with Crippen LogP contribution in [-0.2, 0) is 13.1 Å². The van der Waals surface area contributed by atoms with Gasteiger partial charge in [0.15, 0.2) is 0 Å². The number of nitrogens with one attached hydrogen (secondary N) is 1. The van der Waals surface area contributed by atoms with Crippen molar-refractivity contribution < 1.29 is 4.79 Å². The number of rotatable bonds is 6. The summed E-state index contributed by atoms with van der Waals surface area (Å²) in [5.41, 5.74) is 6.29. The van der Waals surface area contributed by atoms with Crippen LogP contribution in [0.15, 0.2) is 97.7 Å². The minimum atomic E-state index is -0.0701.